The number of nitrogens with one attached hydrogen (secondary N) is 1. The van der Waals surface area contributed by atoms with Gasteiger partial charge in [0.2, 0.25) is 0 Å². The summed E-state index contributed by atoms with van der Waals surface area (Å²) in [6, 6.07) is 13.6. The summed E-state index contributed by atoms with van der Waals surface area (Å²) in [5.41, 5.74) is 7.95. The molecule has 150 valence electrons. The number of primary amides is 1. The van der Waals surface area contributed by atoms with Gasteiger partial charge >= 0.3 is 0 Å². The van der Waals surface area contributed by atoms with Crippen LogP contribution >= 0.6 is 11.3 Å². The Morgan fingerprint density at radius 3 is 2.73 bits per heavy atom. The summed E-state index contributed by atoms with van der Waals surface area (Å²) in [6.45, 7) is 1.18. The van der Waals surface area contributed by atoms with Gasteiger partial charge in [-0.25, -0.2) is 9.37 Å². The summed E-state index contributed by atoms with van der Waals surface area (Å²) in [7, 11) is 0. The Labute approximate surface area is 175 Å². The van der Waals surface area contributed by atoms with E-state index in [0.29, 0.717) is 35.5 Å². The van der Waals surface area contributed by atoms with Crippen LogP contribution in [0.15, 0.2) is 48.5 Å². The van der Waals surface area contributed by atoms with Crippen LogP contribution in [0, 0.1) is 5.82 Å². The van der Waals surface area contributed by atoms with Gasteiger partial charge in [-0.15, -0.1) is 11.3 Å². The number of nitrogens with two attached hydrogens (primary N) is 1. The van der Waals surface area contributed by atoms with Gasteiger partial charge < -0.3 is 15.6 Å². The van der Waals surface area contributed by atoms with E-state index < -0.39 is 11.7 Å². The van der Waals surface area contributed by atoms with Crippen LogP contribution in [0.2, 0.25) is 0 Å². The second-order valence-corrected chi connectivity index (χ2v) is 8.34. The molecule has 1 aliphatic rings. The maximum atomic E-state index is 13.8. The van der Waals surface area contributed by atoms with Gasteiger partial charge in [0.15, 0.2) is 0 Å². The van der Waals surface area contributed by atoms with Gasteiger partial charge in [-0.05, 0) is 42.3 Å². The SMILES string of the molecule is NC(=O)c1cc(F)cc2[nH]c(-c3cc4c(s3)CCN(C(=O)c3ccccc3)C4)nc12. The van der Waals surface area contributed by atoms with E-state index in [-0.39, 0.29) is 11.5 Å². The summed E-state index contributed by atoms with van der Waals surface area (Å²) in [5.74, 6) is -0.706. The number of amides is 2. The van der Waals surface area contributed by atoms with Gasteiger partial charge in [-0.2, -0.15) is 0 Å². The molecule has 8 heteroatoms. The number of imidazole rings is 1. The third kappa shape index (κ3) is 3.15. The van der Waals surface area contributed by atoms with E-state index in [9.17, 15) is 14.0 Å². The van der Waals surface area contributed by atoms with Crippen molar-refractivity contribution in [1.29, 1.82) is 0 Å². The van der Waals surface area contributed by atoms with Gasteiger partial charge in [-0.3, -0.25) is 9.59 Å². The summed E-state index contributed by atoms with van der Waals surface area (Å²) >= 11 is 1.59. The number of aromatic nitrogens is 2. The summed E-state index contributed by atoms with van der Waals surface area (Å²) < 4.78 is 13.8. The van der Waals surface area contributed by atoms with Crippen LogP contribution in [0.1, 0.15) is 31.2 Å². The van der Waals surface area contributed by atoms with E-state index in [1.165, 1.54) is 10.9 Å². The van der Waals surface area contributed by atoms with E-state index in [1.54, 1.807) is 11.3 Å². The molecule has 2 aromatic heterocycles. The van der Waals surface area contributed by atoms with Gasteiger partial charge in [0.1, 0.15) is 17.2 Å². The van der Waals surface area contributed by atoms with Crippen molar-refractivity contribution in [3.05, 3.63) is 75.9 Å². The molecule has 0 saturated heterocycles. The van der Waals surface area contributed by atoms with Crippen molar-refractivity contribution in [2.45, 2.75) is 13.0 Å². The van der Waals surface area contributed by atoms with Crippen LogP contribution in [0.3, 0.4) is 0 Å². The monoisotopic (exact) mass is 420 g/mol. The van der Waals surface area contributed by atoms with Crippen LogP contribution < -0.4 is 5.73 Å². The second-order valence-electron chi connectivity index (χ2n) is 7.20. The Morgan fingerprint density at radius 2 is 1.97 bits per heavy atom. The van der Waals surface area contributed by atoms with Crippen molar-refractivity contribution in [1.82, 2.24) is 14.9 Å². The number of carbonyl (C=O) groups excluding carboxylic acids is 2. The molecule has 1 aliphatic heterocycles. The molecule has 30 heavy (non-hydrogen) atoms. The lowest BCUT2D eigenvalue weighted by Gasteiger charge is -2.27. The largest absolute Gasteiger partial charge is 0.366 e. The summed E-state index contributed by atoms with van der Waals surface area (Å²) in [6.07, 6.45) is 0.764. The van der Waals surface area contributed by atoms with Crippen LogP contribution in [0.5, 0.6) is 0 Å². The zero-order valence-corrected chi connectivity index (χ0v) is 16.6. The van der Waals surface area contributed by atoms with E-state index in [0.717, 1.165) is 22.9 Å². The predicted octanol–water partition coefficient (Wildman–Crippen LogP) is 3.73. The molecule has 0 atom stereocenters. The molecule has 0 spiro atoms. The third-order valence-corrected chi connectivity index (χ3v) is 6.47. The minimum Gasteiger partial charge on any atom is -0.366 e. The number of hydrogen-bond acceptors (Lipinski definition) is 4. The average molecular weight is 420 g/mol. The zero-order valence-electron chi connectivity index (χ0n) is 15.8. The lowest BCUT2D eigenvalue weighted by Crippen LogP contribution is -2.35. The van der Waals surface area contributed by atoms with Crippen molar-refractivity contribution in [2.24, 2.45) is 5.73 Å². The fourth-order valence-corrected chi connectivity index (χ4v) is 4.88. The lowest BCUT2D eigenvalue weighted by molar-refractivity contribution is 0.0735. The Morgan fingerprint density at radius 1 is 1.17 bits per heavy atom. The molecule has 3 heterocycles. The van der Waals surface area contributed by atoms with Crippen molar-refractivity contribution in [3.63, 3.8) is 0 Å². The van der Waals surface area contributed by atoms with E-state index in [2.05, 4.69) is 9.97 Å². The molecule has 0 bridgehead atoms. The number of rotatable bonds is 3. The zero-order chi connectivity index (χ0) is 20.8. The topological polar surface area (TPSA) is 92.1 Å². The molecular formula is C22H17FN4O2S. The molecule has 6 nitrogen and oxygen atoms in total. The van der Waals surface area contributed by atoms with Crippen molar-refractivity contribution < 1.29 is 14.0 Å². The molecule has 5 rings (SSSR count). The Hall–Kier alpha value is -3.52. The number of fused-ring (bicyclic) bond motifs is 2. The molecule has 0 fully saturated rings. The minimum absolute atomic E-state index is 0.0133. The third-order valence-electron chi connectivity index (χ3n) is 5.22. The van der Waals surface area contributed by atoms with Crippen molar-refractivity contribution in [2.75, 3.05) is 6.54 Å². The summed E-state index contributed by atoms with van der Waals surface area (Å²) in [5, 5.41) is 0. The molecule has 0 unspecified atom stereocenters. The van der Waals surface area contributed by atoms with E-state index in [4.69, 9.17) is 5.73 Å². The Balaban J connectivity index is 1.47. The van der Waals surface area contributed by atoms with Crippen LogP contribution in [-0.2, 0) is 13.0 Å². The van der Waals surface area contributed by atoms with Gasteiger partial charge in [0, 0.05) is 23.5 Å². The molecule has 2 aromatic carbocycles. The van der Waals surface area contributed by atoms with E-state index in [1.807, 2.05) is 41.3 Å². The molecule has 0 saturated carbocycles. The number of benzene rings is 2. The van der Waals surface area contributed by atoms with Gasteiger partial charge in [0.05, 0.1) is 16.0 Å². The number of nitrogens with zero attached hydrogens (tertiary/aromatic N) is 2. The highest BCUT2D eigenvalue weighted by molar-refractivity contribution is 7.15. The maximum Gasteiger partial charge on any atom is 0.254 e. The fraction of sp³-hybridized carbons (Fsp3) is 0.136. The molecular weight excluding hydrogens is 403 g/mol. The van der Waals surface area contributed by atoms with Crippen LogP contribution in [0.25, 0.3) is 21.7 Å². The predicted molar refractivity (Wildman–Crippen MR) is 113 cm³/mol. The second kappa shape index (κ2) is 7.07. The molecule has 3 N–H and O–H groups in total. The number of aromatic amines is 1. The first-order valence-corrected chi connectivity index (χ1v) is 10.3. The average Bonchev–Trinajstić information content (AvgIpc) is 3.36. The fourth-order valence-electron chi connectivity index (χ4n) is 3.77. The van der Waals surface area contributed by atoms with E-state index >= 15 is 0 Å². The number of H-pyrrole nitrogens is 1. The Bertz CT molecular complexity index is 1300. The number of hydrogen-bond donors (Lipinski definition) is 2. The normalized spacial score (nSPS) is 13.4. The highest BCUT2D eigenvalue weighted by Crippen LogP contribution is 2.35. The maximum absolute atomic E-state index is 13.8. The van der Waals surface area contributed by atoms with Crippen molar-refractivity contribution >= 4 is 34.2 Å². The standard InChI is InChI=1S/C22H17FN4O2S/c23-14-9-15(20(24)28)19-16(10-14)25-21(26-19)18-8-13-11-27(7-6-17(13)30-18)22(29)12-4-2-1-3-5-12/h1-5,8-10H,6-7,11H2,(H2,24,28)(H,25,26). The molecule has 4 aromatic rings. The minimum atomic E-state index is -0.724. The first-order valence-electron chi connectivity index (χ1n) is 9.45. The molecule has 0 aliphatic carbocycles. The first kappa shape index (κ1) is 18.5. The quantitative estimate of drug-likeness (QED) is 0.529. The molecule has 0 radical (unpaired) electrons. The highest BCUT2D eigenvalue weighted by atomic mass is 32.1. The highest BCUT2D eigenvalue weighted by Gasteiger charge is 2.25. The van der Waals surface area contributed by atoms with Gasteiger partial charge in [0.25, 0.3) is 11.8 Å². The Kier molecular flexibility index (Phi) is 4.36. The van der Waals surface area contributed by atoms with Crippen molar-refractivity contribution in [3.8, 4) is 10.7 Å². The summed E-state index contributed by atoms with van der Waals surface area (Å²) in [4.78, 5) is 35.9. The van der Waals surface area contributed by atoms with Crippen LogP contribution in [-0.4, -0.2) is 33.2 Å². The molecule has 2 amide bonds. The number of thiophene rings is 1. The lowest BCUT2D eigenvalue weighted by atomic mass is 10.1. The van der Waals surface area contributed by atoms with Gasteiger partial charge in [-0.1, -0.05) is 18.2 Å². The van der Waals surface area contributed by atoms with Crippen LogP contribution in [0.4, 0.5) is 4.39 Å². The number of carbonyl (C=O) groups is 2. The first-order chi connectivity index (χ1) is 14.5. The number of halogens is 1. The smallest absolute Gasteiger partial charge is 0.254 e.